The largest absolute Gasteiger partial charge is 0.508 e. The number of phenolic OH excluding ortho intramolecular Hbond substituents is 1. The van der Waals surface area contributed by atoms with Gasteiger partial charge in [0.1, 0.15) is 5.75 Å². The van der Waals surface area contributed by atoms with Gasteiger partial charge in [0.25, 0.3) is 0 Å². The summed E-state index contributed by atoms with van der Waals surface area (Å²) in [7, 11) is 0. The Kier molecular flexibility index (Phi) is 3.41. The molecule has 0 atom stereocenters. The normalized spacial score (nSPS) is 10.0. The van der Waals surface area contributed by atoms with E-state index in [0.717, 1.165) is 11.3 Å². The summed E-state index contributed by atoms with van der Waals surface area (Å²) in [5.74, 6) is 0.291. The van der Waals surface area contributed by atoms with Gasteiger partial charge in [-0.1, -0.05) is 30.3 Å². The van der Waals surface area contributed by atoms with Gasteiger partial charge in [-0.05, 0) is 29.8 Å². The lowest BCUT2D eigenvalue weighted by Crippen LogP contribution is -2.20. The minimum atomic E-state index is 0.291. The van der Waals surface area contributed by atoms with E-state index in [1.165, 1.54) is 0 Å². The van der Waals surface area contributed by atoms with Gasteiger partial charge in [0.05, 0.1) is 0 Å². The summed E-state index contributed by atoms with van der Waals surface area (Å²) in [6.07, 6.45) is 0. The SMILES string of the molecule is Oc1ccc(CNNc2ccccc2)cc1. The number of hydrogen-bond acceptors (Lipinski definition) is 3. The highest BCUT2D eigenvalue weighted by molar-refractivity contribution is 5.41. The fourth-order valence-corrected chi connectivity index (χ4v) is 1.38. The third-order valence-corrected chi connectivity index (χ3v) is 2.24. The van der Waals surface area contributed by atoms with Crippen LogP contribution in [0.1, 0.15) is 5.56 Å². The van der Waals surface area contributed by atoms with Crippen molar-refractivity contribution in [2.24, 2.45) is 0 Å². The molecule has 3 heteroatoms. The predicted molar refractivity (Wildman–Crippen MR) is 65.0 cm³/mol. The Morgan fingerprint density at radius 3 is 2.25 bits per heavy atom. The van der Waals surface area contributed by atoms with E-state index in [2.05, 4.69) is 10.9 Å². The molecule has 0 saturated heterocycles. The topological polar surface area (TPSA) is 44.3 Å². The van der Waals surface area contributed by atoms with Crippen molar-refractivity contribution in [2.75, 3.05) is 5.43 Å². The lowest BCUT2D eigenvalue weighted by atomic mass is 10.2. The lowest BCUT2D eigenvalue weighted by Gasteiger charge is -2.08. The average Bonchev–Trinajstić information content (AvgIpc) is 2.33. The van der Waals surface area contributed by atoms with Crippen molar-refractivity contribution in [1.82, 2.24) is 5.43 Å². The smallest absolute Gasteiger partial charge is 0.115 e. The maximum atomic E-state index is 9.12. The van der Waals surface area contributed by atoms with Gasteiger partial charge in [-0.2, -0.15) is 0 Å². The first-order chi connectivity index (χ1) is 7.84. The first-order valence-electron chi connectivity index (χ1n) is 5.16. The van der Waals surface area contributed by atoms with Gasteiger partial charge in [0, 0.05) is 12.2 Å². The zero-order valence-electron chi connectivity index (χ0n) is 8.85. The van der Waals surface area contributed by atoms with Crippen LogP contribution in [0.4, 0.5) is 5.69 Å². The van der Waals surface area contributed by atoms with Crippen molar-refractivity contribution in [3.63, 3.8) is 0 Å². The summed E-state index contributed by atoms with van der Waals surface area (Å²) < 4.78 is 0. The zero-order chi connectivity index (χ0) is 11.2. The molecule has 0 aliphatic rings. The highest BCUT2D eigenvalue weighted by Gasteiger charge is 1.92. The van der Waals surface area contributed by atoms with Crippen LogP contribution in [-0.4, -0.2) is 5.11 Å². The van der Waals surface area contributed by atoms with Crippen molar-refractivity contribution in [2.45, 2.75) is 6.54 Å². The molecule has 16 heavy (non-hydrogen) atoms. The minimum Gasteiger partial charge on any atom is -0.508 e. The third-order valence-electron chi connectivity index (χ3n) is 2.24. The van der Waals surface area contributed by atoms with Crippen molar-refractivity contribution in [3.8, 4) is 5.75 Å². The Bertz CT molecular complexity index is 425. The number of hydrogen-bond donors (Lipinski definition) is 3. The molecule has 0 aliphatic heterocycles. The fourth-order valence-electron chi connectivity index (χ4n) is 1.38. The Labute approximate surface area is 94.7 Å². The number of nitrogens with one attached hydrogen (secondary N) is 2. The molecular weight excluding hydrogens is 200 g/mol. The molecule has 0 aliphatic carbocycles. The number of benzene rings is 2. The van der Waals surface area contributed by atoms with E-state index in [9.17, 15) is 0 Å². The quantitative estimate of drug-likeness (QED) is 0.685. The van der Waals surface area contributed by atoms with Gasteiger partial charge in [0.15, 0.2) is 0 Å². The van der Waals surface area contributed by atoms with E-state index in [4.69, 9.17) is 5.11 Å². The van der Waals surface area contributed by atoms with Crippen LogP contribution in [0.15, 0.2) is 54.6 Å². The maximum absolute atomic E-state index is 9.12. The van der Waals surface area contributed by atoms with E-state index in [1.807, 2.05) is 42.5 Å². The van der Waals surface area contributed by atoms with E-state index in [1.54, 1.807) is 12.1 Å². The molecule has 0 saturated carbocycles. The van der Waals surface area contributed by atoms with Crippen LogP contribution in [-0.2, 0) is 6.54 Å². The number of phenols is 1. The summed E-state index contributed by atoms with van der Waals surface area (Å²) in [5.41, 5.74) is 8.34. The van der Waals surface area contributed by atoms with Gasteiger partial charge in [0.2, 0.25) is 0 Å². The molecule has 0 aromatic heterocycles. The predicted octanol–water partition coefficient (Wildman–Crippen LogP) is 2.51. The van der Waals surface area contributed by atoms with Gasteiger partial charge in [-0.15, -0.1) is 0 Å². The molecule has 2 rings (SSSR count). The van der Waals surface area contributed by atoms with E-state index in [0.29, 0.717) is 12.3 Å². The average molecular weight is 214 g/mol. The molecule has 82 valence electrons. The Balaban J connectivity index is 1.82. The van der Waals surface area contributed by atoms with Gasteiger partial charge in [-0.3, -0.25) is 0 Å². The molecule has 2 aromatic rings. The van der Waals surface area contributed by atoms with Crippen LogP contribution < -0.4 is 10.9 Å². The molecule has 0 amide bonds. The second-order valence-corrected chi connectivity index (χ2v) is 3.51. The van der Waals surface area contributed by atoms with Gasteiger partial charge >= 0.3 is 0 Å². The number of aromatic hydroxyl groups is 1. The Morgan fingerprint density at radius 1 is 0.875 bits per heavy atom. The van der Waals surface area contributed by atoms with Crippen molar-refractivity contribution in [1.29, 1.82) is 0 Å². The highest BCUT2D eigenvalue weighted by Crippen LogP contribution is 2.09. The molecule has 0 unspecified atom stereocenters. The minimum absolute atomic E-state index is 0.291. The first-order valence-corrected chi connectivity index (χ1v) is 5.16. The summed E-state index contributed by atoms with van der Waals surface area (Å²) in [4.78, 5) is 0. The molecule has 2 aromatic carbocycles. The number of para-hydroxylation sites is 1. The number of rotatable bonds is 4. The van der Waals surface area contributed by atoms with E-state index in [-0.39, 0.29) is 0 Å². The van der Waals surface area contributed by atoms with Crippen LogP contribution in [0, 0.1) is 0 Å². The van der Waals surface area contributed by atoms with Crippen LogP contribution in [0.2, 0.25) is 0 Å². The summed E-state index contributed by atoms with van der Waals surface area (Å²) in [5, 5.41) is 9.12. The van der Waals surface area contributed by atoms with Crippen molar-refractivity contribution >= 4 is 5.69 Å². The lowest BCUT2D eigenvalue weighted by molar-refractivity contribution is 0.475. The van der Waals surface area contributed by atoms with Gasteiger partial charge in [-0.25, -0.2) is 5.43 Å². The van der Waals surface area contributed by atoms with Crippen LogP contribution in [0.5, 0.6) is 5.75 Å². The maximum Gasteiger partial charge on any atom is 0.115 e. The monoisotopic (exact) mass is 214 g/mol. The standard InChI is InChI=1S/C13H14N2O/c16-13-8-6-11(7-9-13)10-14-15-12-4-2-1-3-5-12/h1-9,14-16H,10H2. The number of hydrazine groups is 1. The van der Waals surface area contributed by atoms with E-state index < -0.39 is 0 Å². The first kappa shape index (κ1) is 10.5. The summed E-state index contributed by atoms with van der Waals surface area (Å²) >= 11 is 0. The highest BCUT2D eigenvalue weighted by atomic mass is 16.3. The second-order valence-electron chi connectivity index (χ2n) is 3.51. The van der Waals surface area contributed by atoms with Crippen molar-refractivity contribution < 1.29 is 5.11 Å². The summed E-state index contributed by atoms with van der Waals surface area (Å²) in [6, 6.07) is 17.0. The molecule has 0 spiro atoms. The van der Waals surface area contributed by atoms with Crippen molar-refractivity contribution in [3.05, 3.63) is 60.2 Å². The summed E-state index contributed by atoms with van der Waals surface area (Å²) in [6.45, 7) is 0.704. The fraction of sp³-hybridized carbons (Fsp3) is 0.0769. The van der Waals surface area contributed by atoms with Gasteiger partial charge < -0.3 is 10.5 Å². The Hall–Kier alpha value is -2.00. The third kappa shape index (κ3) is 3.00. The van der Waals surface area contributed by atoms with E-state index >= 15 is 0 Å². The molecule has 3 nitrogen and oxygen atoms in total. The Morgan fingerprint density at radius 2 is 1.56 bits per heavy atom. The number of anilines is 1. The molecule has 0 bridgehead atoms. The molecule has 0 heterocycles. The van der Waals surface area contributed by atoms with Crippen LogP contribution >= 0.6 is 0 Å². The molecule has 3 N–H and O–H groups in total. The van der Waals surface area contributed by atoms with Crippen LogP contribution in [0.3, 0.4) is 0 Å². The van der Waals surface area contributed by atoms with Crippen LogP contribution in [0.25, 0.3) is 0 Å². The molecule has 0 fully saturated rings. The zero-order valence-corrected chi connectivity index (χ0v) is 8.85. The second kappa shape index (κ2) is 5.19. The molecule has 0 radical (unpaired) electrons. The molecular formula is C13H14N2O.